The van der Waals surface area contributed by atoms with Crippen LogP contribution in [0, 0.1) is 5.92 Å². The van der Waals surface area contributed by atoms with Crippen molar-refractivity contribution in [2.24, 2.45) is 10.9 Å². The van der Waals surface area contributed by atoms with Crippen molar-refractivity contribution in [3.05, 3.63) is 0 Å². The first-order valence-corrected chi connectivity index (χ1v) is 7.04. The molecule has 6 heteroatoms. The molecule has 0 radical (unpaired) electrons. The molecule has 118 valence electrons. The normalized spacial score (nSPS) is 15.3. The van der Waals surface area contributed by atoms with Gasteiger partial charge in [0.25, 0.3) is 0 Å². The molecule has 0 aromatic rings. The topological polar surface area (TPSA) is 56.7 Å². The minimum absolute atomic E-state index is 0. The Balaban J connectivity index is 0.00000361. The van der Waals surface area contributed by atoms with Crippen LogP contribution in [0.25, 0.3) is 0 Å². The molecule has 1 rings (SSSR count). The number of guanidine groups is 1. The predicted molar refractivity (Wildman–Crippen MR) is 94.6 cm³/mol. The van der Waals surface area contributed by atoms with Crippen LogP contribution in [-0.2, 0) is 4.79 Å². The highest BCUT2D eigenvalue weighted by Crippen LogP contribution is 2.31. The molecule has 0 bridgehead atoms. The summed E-state index contributed by atoms with van der Waals surface area (Å²) in [6.07, 6.45) is 3.93. The van der Waals surface area contributed by atoms with Gasteiger partial charge in [-0.05, 0) is 33.1 Å². The monoisotopic (exact) mass is 396 g/mol. The van der Waals surface area contributed by atoms with Gasteiger partial charge in [0.05, 0.1) is 6.54 Å². The molecule has 2 N–H and O–H groups in total. The highest BCUT2D eigenvalue weighted by Gasteiger charge is 2.21. The highest BCUT2D eigenvalue weighted by atomic mass is 127. The van der Waals surface area contributed by atoms with Crippen LogP contribution in [0.2, 0.25) is 0 Å². The molecule has 0 atom stereocenters. The molecule has 20 heavy (non-hydrogen) atoms. The molecule has 0 saturated heterocycles. The van der Waals surface area contributed by atoms with Gasteiger partial charge in [-0.2, -0.15) is 0 Å². The van der Waals surface area contributed by atoms with Gasteiger partial charge in [0, 0.05) is 26.2 Å². The number of likely N-dealkylation sites (N-methyl/N-ethyl adjacent to an activating group) is 1. The van der Waals surface area contributed by atoms with Crippen LogP contribution in [0.5, 0.6) is 0 Å². The average Bonchev–Trinajstić information content (AvgIpc) is 3.05. The van der Waals surface area contributed by atoms with Crippen LogP contribution in [0.1, 0.15) is 40.0 Å². The number of nitrogens with one attached hydrogen (secondary N) is 2. The van der Waals surface area contributed by atoms with Gasteiger partial charge in [0.1, 0.15) is 0 Å². The number of halogens is 1. The van der Waals surface area contributed by atoms with Crippen molar-refractivity contribution >= 4 is 35.8 Å². The fraction of sp³-hybridized carbons (Fsp3) is 0.857. The van der Waals surface area contributed by atoms with Gasteiger partial charge in [-0.25, -0.2) is 0 Å². The summed E-state index contributed by atoms with van der Waals surface area (Å²) in [6.45, 7) is 7.19. The Labute approximate surface area is 140 Å². The number of amides is 1. The Morgan fingerprint density at radius 2 is 1.95 bits per heavy atom. The van der Waals surface area contributed by atoms with Crippen molar-refractivity contribution in [3.63, 3.8) is 0 Å². The molecule has 0 aromatic heterocycles. The lowest BCUT2D eigenvalue weighted by atomic mass is 10.1. The van der Waals surface area contributed by atoms with Crippen LogP contribution in [0.3, 0.4) is 0 Å². The SMILES string of the molecule is CN=C(NCCC1CC1)N(C)CC(=O)NC(C)(C)C.I. The highest BCUT2D eigenvalue weighted by molar-refractivity contribution is 14.0. The van der Waals surface area contributed by atoms with E-state index in [1.807, 2.05) is 32.7 Å². The van der Waals surface area contributed by atoms with Gasteiger partial charge >= 0.3 is 0 Å². The zero-order valence-electron chi connectivity index (χ0n) is 13.3. The van der Waals surface area contributed by atoms with Gasteiger partial charge < -0.3 is 15.5 Å². The molecule has 0 unspecified atom stereocenters. The van der Waals surface area contributed by atoms with E-state index >= 15 is 0 Å². The second-order valence-corrected chi connectivity index (χ2v) is 6.36. The number of aliphatic imine (C=N–C) groups is 1. The largest absolute Gasteiger partial charge is 0.356 e. The Kier molecular flexibility index (Phi) is 8.46. The van der Waals surface area contributed by atoms with Crippen molar-refractivity contribution in [1.82, 2.24) is 15.5 Å². The Hall–Kier alpha value is -0.530. The molecule has 1 aliphatic carbocycles. The van der Waals surface area contributed by atoms with Crippen molar-refractivity contribution < 1.29 is 4.79 Å². The van der Waals surface area contributed by atoms with Crippen molar-refractivity contribution in [2.45, 2.75) is 45.6 Å². The minimum Gasteiger partial charge on any atom is -0.356 e. The number of carbonyl (C=O) groups excluding carboxylic acids is 1. The zero-order chi connectivity index (χ0) is 14.5. The summed E-state index contributed by atoms with van der Waals surface area (Å²) in [5.41, 5.74) is -0.194. The summed E-state index contributed by atoms with van der Waals surface area (Å²) in [4.78, 5) is 17.9. The third-order valence-electron chi connectivity index (χ3n) is 3.00. The Bertz CT molecular complexity index is 335. The second kappa shape index (κ2) is 8.69. The smallest absolute Gasteiger partial charge is 0.240 e. The molecule has 0 heterocycles. The van der Waals surface area contributed by atoms with E-state index in [0.717, 1.165) is 18.4 Å². The van der Waals surface area contributed by atoms with Gasteiger partial charge in [-0.1, -0.05) is 12.8 Å². The first kappa shape index (κ1) is 19.5. The van der Waals surface area contributed by atoms with Crippen molar-refractivity contribution in [3.8, 4) is 0 Å². The summed E-state index contributed by atoms with van der Waals surface area (Å²) >= 11 is 0. The molecular weight excluding hydrogens is 367 g/mol. The van der Waals surface area contributed by atoms with Crippen molar-refractivity contribution in [2.75, 3.05) is 27.2 Å². The number of hydrogen-bond acceptors (Lipinski definition) is 2. The van der Waals surface area contributed by atoms with Gasteiger partial charge in [0.15, 0.2) is 5.96 Å². The average molecular weight is 396 g/mol. The predicted octanol–water partition coefficient (Wildman–Crippen LogP) is 1.83. The maximum atomic E-state index is 11.8. The van der Waals surface area contributed by atoms with Crippen LogP contribution in [-0.4, -0.2) is 49.5 Å². The summed E-state index contributed by atoms with van der Waals surface area (Å²) in [7, 11) is 3.63. The molecule has 5 nitrogen and oxygen atoms in total. The van der Waals surface area contributed by atoms with Crippen LogP contribution in [0.15, 0.2) is 4.99 Å². The van der Waals surface area contributed by atoms with E-state index in [1.54, 1.807) is 7.05 Å². The van der Waals surface area contributed by atoms with Gasteiger partial charge in [-0.15, -0.1) is 24.0 Å². The fourth-order valence-electron chi connectivity index (χ4n) is 1.93. The molecule has 0 spiro atoms. The third kappa shape index (κ3) is 8.60. The summed E-state index contributed by atoms with van der Waals surface area (Å²) in [5.74, 6) is 1.70. The summed E-state index contributed by atoms with van der Waals surface area (Å²) in [6, 6.07) is 0. The fourth-order valence-corrected chi connectivity index (χ4v) is 1.93. The van der Waals surface area contributed by atoms with E-state index in [2.05, 4.69) is 15.6 Å². The lowest BCUT2D eigenvalue weighted by Gasteiger charge is -2.25. The summed E-state index contributed by atoms with van der Waals surface area (Å²) < 4.78 is 0. The van der Waals surface area contributed by atoms with Gasteiger partial charge in [0.2, 0.25) is 5.91 Å². The standard InChI is InChI=1S/C14H28N4O.HI/c1-14(2,3)17-12(19)10-18(5)13(15-4)16-9-8-11-6-7-11;/h11H,6-10H2,1-5H3,(H,15,16)(H,17,19);1H. The van der Waals surface area contributed by atoms with Crippen LogP contribution in [0.4, 0.5) is 0 Å². The van der Waals surface area contributed by atoms with E-state index in [-0.39, 0.29) is 35.4 Å². The lowest BCUT2D eigenvalue weighted by Crippen LogP contribution is -2.48. The van der Waals surface area contributed by atoms with E-state index in [9.17, 15) is 4.79 Å². The molecule has 1 aliphatic rings. The van der Waals surface area contributed by atoms with E-state index in [1.165, 1.54) is 19.3 Å². The minimum atomic E-state index is -0.194. The number of nitrogens with zero attached hydrogens (tertiary/aromatic N) is 2. The van der Waals surface area contributed by atoms with E-state index in [0.29, 0.717) is 6.54 Å². The first-order chi connectivity index (χ1) is 8.81. The van der Waals surface area contributed by atoms with Crippen molar-refractivity contribution in [1.29, 1.82) is 0 Å². The maximum Gasteiger partial charge on any atom is 0.240 e. The Morgan fingerprint density at radius 3 is 2.40 bits per heavy atom. The molecule has 0 aromatic carbocycles. The molecular formula is C14H29IN4O. The maximum absolute atomic E-state index is 11.8. The lowest BCUT2D eigenvalue weighted by molar-refractivity contribution is -0.122. The Morgan fingerprint density at radius 1 is 1.35 bits per heavy atom. The molecule has 1 saturated carbocycles. The summed E-state index contributed by atoms with van der Waals surface area (Å²) in [5, 5.41) is 6.25. The molecule has 0 aliphatic heterocycles. The third-order valence-corrected chi connectivity index (χ3v) is 3.00. The number of carbonyl (C=O) groups is 1. The van der Waals surface area contributed by atoms with E-state index < -0.39 is 0 Å². The van der Waals surface area contributed by atoms with E-state index in [4.69, 9.17) is 0 Å². The number of hydrogen-bond donors (Lipinski definition) is 2. The van der Waals surface area contributed by atoms with Gasteiger partial charge in [-0.3, -0.25) is 9.79 Å². The van der Waals surface area contributed by atoms with Crippen LogP contribution < -0.4 is 10.6 Å². The zero-order valence-corrected chi connectivity index (χ0v) is 15.7. The quantitative estimate of drug-likeness (QED) is 0.424. The number of rotatable bonds is 5. The first-order valence-electron chi connectivity index (χ1n) is 7.04. The molecule has 1 fully saturated rings. The second-order valence-electron chi connectivity index (χ2n) is 6.36. The van der Waals surface area contributed by atoms with Crippen LogP contribution >= 0.6 is 24.0 Å². The molecule has 1 amide bonds.